The van der Waals surface area contributed by atoms with E-state index in [9.17, 15) is 4.39 Å². The van der Waals surface area contributed by atoms with E-state index >= 15 is 0 Å². The molecule has 1 aromatic rings. The van der Waals surface area contributed by atoms with Gasteiger partial charge in [-0.15, -0.1) is 0 Å². The Kier molecular flexibility index (Phi) is 3.54. The van der Waals surface area contributed by atoms with Gasteiger partial charge < -0.3 is 5.73 Å². The van der Waals surface area contributed by atoms with Gasteiger partial charge in [-0.05, 0) is 44.2 Å². The quantitative estimate of drug-likeness (QED) is 0.911. The van der Waals surface area contributed by atoms with Crippen LogP contribution in [0, 0.1) is 5.82 Å². The van der Waals surface area contributed by atoms with E-state index in [4.69, 9.17) is 5.73 Å². The van der Waals surface area contributed by atoms with Crippen LogP contribution in [0.25, 0.3) is 0 Å². The maximum atomic E-state index is 13.0. The molecule has 3 atom stereocenters. The predicted molar refractivity (Wildman–Crippen MR) is 73.1 cm³/mol. The van der Waals surface area contributed by atoms with E-state index in [1.54, 1.807) is 0 Å². The van der Waals surface area contributed by atoms with Crippen LogP contribution in [0.1, 0.15) is 50.8 Å². The SMILES string of the molecule is CCC(c1ccc(F)cn1)N1C2CCC1CC(N)C2. The summed E-state index contributed by atoms with van der Waals surface area (Å²) in [6, 6.07) is 5.19. The lowest BCUT2D eigenvalue weighted by Crippen LogP contribution is -2.48. The molecule has 3 nitrogen and oxygen atoms in total. The van der Waals surface area contributed by atoms with Crippen molar-refractivity contribution in [3.63, 3.8) is 0 Å². The third-order valence-electron chi connectivity index (χ3n) is 4.66. The monoisotopic (exact) mass is 263 g/mol. The number of hydrogen-bond donors (Lipinski definition) is 1. The fourth-order valence-corrected chi connectivity index (χ4v) is 3.92. The van der Waals surface area contributed by atoms with Crippen LogP contribution < -0.4 is 5.73 Å². The molecule has 2 fully saturated rings. The number of halogens is 1. The summed E-state index contributed by atoms with van der Waals surface area (Å²) in [6.45, 7) is 2.18. The number of hydrogen-bond acceptors (Lipinski definition) is 3. The maximum absolute atomic E-state index is 13.0. The fourth-order valence-electron chi connectivity index (χ4n) is 3.92. The van der Waals surface area contributed by atoms with E-state index in [0.717, 1.165) is 25.0 Å². The molecule has 2 aliphatic heterocycles. The molecule has 104 valence electrons. The summed E-state index contributed by atoms with van der Waals surface area (Å²) in [4.78, 5) is 6.89. The summed E-state index contributed by atoms with van der Waals surface area (Å²) < 4.78 is 13.0. The molecular weight excluding hydrogens is 241 g/mol. The second-order valence-electron chi connectivity index (χ2n) is 5.89. The molecule has 4 heteroatoms. The fraction of sp³-hybridized carbons (Fsp3) is 0.667. The Morgan fingerprint density at radius 3 is 2.58 bits per heavy atom. The molecular formula is C15H22FN3. The molecule has 0 saturated carbocycles. The van der Waals surface area contributed by atoms with Gasteiger partial charge >= 0.3 is 0 Å². The Morgan fingerprint density at radius 1 is 1.37 bits per heavy atom. The highest BCUT2D eigenvalue weighted by Gasteiger charge is 2.43. The molecule has 3 heterocycles. The van der Waals surface area contributed by atoms with Crippen molar-refractivity contribution in [2.75, 3.05) is 0 Å². The molecule has 3 rings (SSSR count). The summed E-state index contributed by atoms with van der Waals surface area (Å²) >= 11 is 0. The van der Waals surface area contributed by atoms with Crippen molar-refractivity contribution in [3.8, 4) is 0 Å². The summed E-state index contributed by atoms with van der Waals surface area (Å²) in [6.07, 6.45) is 7.02. The zero-order valence-electron chi connectivity index (χ0n) is 11.4. The van der Waals surface area contributed by atoms with E-state index in [1.807, 2.05) is 6.07 Å². The number of piperidine rings is 1. The first-order valence-corrected chi connectivity index (χ1v) is 7.33. The summed E-state index contributed by atoms with van der Waals surface area (Å²) in [7, 11) is 0. The standard InChI is InChI=1S/C15H22FN3/c1-2-15(14-6-3-10(16)9-18-14)19-12-4-5-13(19)8-11(17)7-12/h3,6,9,11-13,15H,2,4-5,7-8,17H2,1H3. The number of nitrogens with zero attached hydrogens (tertiary/aromatic N) is 2. The van der Waals surface area contributed by atoms with Crippen LogP contribution in [0.15, 0.2) is 18.3 Å². The van der Waals surface area contributed by atoms with E-state index in [0.29, 0.717) is 24.2 Å². The van der Waals surface area contributed by atoms with Crippen LogP contribution in [0.2, 0.25) is 0 Å². The van der Waals surface area contributed by atoms with Crippen LogP contribution in [0.3, 0.4) is 0 Å². The molecule has 0 aliphatic carbocycles. The average molecular weight is 263 g/mol. The lowest BCUT2D eigenvalue weighted by atomic mass is 9.94. The minimum Gasteiger partial charge on any atom is -0.328 e. The highest BCUT2D eigenvalue weighted by molar-refractivity contribution is 5.13. The van der Waals surface area contributed by atoms with Gasteiger partial charge in [-0.2, -0.15) is 0 Å². The molecule has 0 radical (unpaired) electrons. The van der Waals surface area contributed by atoms with Crippen molar-refractivity contribution < 1.29 is 4.39 Å². The molecule has 19 heavy (non-hydrogen) atoms. The van der Waals surface area contributed by atoms with Gasteiger partial charge in [0, 0.05) is 18.1 Å². The van der Waals surface area contributed by atoms with Crippen LogP contribution in [-0.4, -0.2) is 28.0 Å². The topological polar surface area (TPSA) is 42.2 Å². The van der Waals surface area contributed by atoms with Gasteiger partial charge in [0.1, 0.15) is 5.82 Å². The molecule has 0 aromatic carbocycles. The van der Waals surface area contributed by atoms with Crippen molar-refractivity contribution in [1.82, 2.24) is 9.88 Å². The highest BCUT2D eigenvalue weighted by atomic mass is 19.1. The highest BCUT2D eigenvalue weighted by Crippen LogP contribution is 2.41. The van der Waals surface area contributed by atoms with Gasteiger partial charge in [0.2, 0.25) is 0 Å². The molecule has 2 bridgehead atoms. The maximum Gasteiger partial charge on any atom is 0.141 e. The van der Waals surface area contributed by atoms with Crippen molar-refractivity contribution in [2.24, 2.45) is 5.73 Å². The number of fused-ring (bicyclic) bond motifs is 2. The second-order valence-corrected chi connectivity index (χ2v) is 5.89. The van der Waals surface area contributed by atoms with Gasteiger partial charge in [-0.25, -0.2) is 4.39 Å². The van der Waals surface area contributed by atoms with Crippen molar-refractivity contribution >= 4 is 0 Å². The third-order valence-corrected chi connectivity index (χ3v) is 4.66. The van der Waals surface area contributed by atoms with Gasteiger partial charge in [0.15, 0.2) is 0 Å². The molecule has 0 spiro atoms. The van der Waals surface area contributed by atoms with Crippen LogP contribution >= 0.6 is 0 Å². The van der Waals surface area contributed by atoms with E-state index < -0.39 is 0 Å². The van der Waals surface area contributed by atoms with Crippen LogP contribution in [0.5, 0.6) is 0 Å². The second kappa shape index (κ2) is 5.17. The first kappa shape index (κ1) is 13.0. The number of aromatic nitrogens is 1. The minimum absolute atomic E-state index is 0.262. The molecule has 1 aromatic heterocycles. The van der Waals surface area contributed by atoms with E-state index in [-0.39, 0.29) is 5.82 Å². The van der Waals surface area contributed by atoms with Gasteiger partial charge in [0.25, 0.3) is 0 Å². The number of pyridine rings is 1. The van der Waals surface area contributed by atoms with Crippen molar-refractivity contribution in [2.45, 2.75) is 63.2 Å². The van der Waals surface area contributed by atoms with E-state index in [1.165, 1.54) is 25.1 Å². The lowest BCUT2D eigenvalue weighted by molar-refractivity contribution is 0.0725. The molecule has 2 saturated heterocycles. The van der Waals surface area contributed by atoms with Crippen LogP contribution in [0.4, 0.5) is 4.39 Å². The zero-order chi connectivity index (χ0) is 13.4. The predicted octanol–water partition coefficient (Wildman–Crippen LogP) is 2.63. The normalized spacial score (nSPS) is 32.5. The van der Waals surface area contributed by atoms with Crippen molar-refractivity contribution in [1.29, 1.82) is 0 Å². The van der Waals surface area contributed by atoms with Crippen molar-refractivity contribution in [3.05, 3.63) is 29.8 Å². The third kappa shape index (κ3) is 2.39. The Morgan fingerprint density at radius 2 is 2.05 bits per heavy atom. The number of nitrogens with two attached hydrogens (primary N) is 1. The Hall–Kier alpha value is -1.00. The summed E-state index contributed by atoms with van der Waals surface area (Å²) in [5.74, 6) is -0.262. The number of rotatable bonds is 3. The first-order valence-electron chi connectivity index (χ1n) is 7.33. The Labute approximate surface area is 114 Å². The summed E-state index contributed by atoms with van der Waals surface area (Å²) in [5, 5.41) is 0. The molecule has 2 N–H and O–H groups in total. The largest absolute Gasteiger partial charge is 0.328 e. The molecule has 3 unspecified atom stereocenters. The van der Waals surface area contributed by atoms with Gasteiger partial charge in [0.05, 0.1) is 17.9 Å². The zero-order valence-corrected chi connectivity index (χ0v) is 11.4. The van der Waals surface area contributed by atoms with Gasteiger partial charge in [-0.1, -0.05) is 6.92 Å². The molecule has 0 amide bonds. The average Bonchev–Trinajstić information content (AvgIpc) is 2.66. The summed E-state index contributed by atoms with van der Waals surface area (Å²) in [5.41, 5.74) is 7.12. The molecule has 2 aliphatic rings. The lowest BCUT2D eigenvalue weighted by Gasteiger charge is -2.42. The van der Waals surface area contributed by atoms with Crippen LogP contribution in [-0.2, 0) is 0 Å². The Balaban J connectivity index is 1.85. The van der Waals surface area contributed by atoms with Gasteiger partial charge in [-0.3, -0.25) is 9.88 Å². The minimum atomic E-state index is -0.262. The van der Waals surface area contributed by atoms with E-state index in [2.05, 4.69) is 16.8 Å². The first-order chi connectivity index (χ1) is 9.19. The smallest absolute Gasteiger partial charge is 0.141 e. The Bertz CT molecular complexity index is 420.